The molecule has 4 N–H and O–H groups in total. The van der Waals surface area contributed by atoms with Gasteiger partial charge in [0.05, 0.1) is 12.1 Å². The van der Waals surface area contributed by atoms with E-state index in [2.05, 4.69) is 5.32 Å². The number of anilines is 1. The highest BCUT2D eigenvalue weighted by Crippen LogP contribution is 2.24. The number of thiocarbonyl (C=S) groups is 1. The minimum atomic E-state index is -0.383. The summed E-state index contributed by atoms with van der Waals surface area (Å²) in [6, 6.07) is 4.30. The van der Waals surface area contributed by atoms with Crippen LogP contribution in [0.2, 0.25) is 0 Å². The second-order valence-corrected chi connectivity index (χ2v) is 5.45. The number of nitrogens with one attached hydrogen (secondary N) is 1. The van der Waals surface area contributed by atoms with E-state index in [1.807, 2.05) is 0 Å². The van der Waals surface area contributed by atoms with Crippen LogP contribution in [0.1, 0.15) is 37.7 Å². The minimum absolute atomic E-state index is 0.0268. The van der Waals surface area contributed by atoms with Crippen molar-refractivity contribution >= 4 is 22.9 Å². The lowest BCUT2D eigenvalue weighted by atomic mass is 10.0. The Morgan fingerprint density at radius 3 is 2.79 bits per heavy atom. The van der Waals surface area contributed by atoms with E-state index in [9.17, 15) is 9.50 Å². The normalized spacial score (nSPS) is 23.7. The van der Waals surface area contributed by atoms with Crippen molar-refractivity contribution < 1.29 is 9.50 Å². The molecule has 3 nitrogen and oxygen atoms in total. The maximum Gasteiger partial charge on any atom is 0.124 e. The Morgan fingerprint density at radius 1 is 1.32 bits per heavy atom. The fourth-order valence-electron chi connectivity index (χ4n) is 2.50. The Balaban J connectivity index is 2.19. The van der Waals surface area contributed by atoms with E-state index < -0.39 is 0 Å². The number of aliphatic hydroxyl groups excluding tert-OH is 1. The Hall–Kier alpha value is -1.20. The number of halogens is 1. The van der Waals surface area contributed by atoms with Crippen molar-refractivity contribution in [3.8, 4) is 0 Å². The third-order valence-corrected chi connectivity index (χ3v) is 3.79. The molecular weight excluding hydrogens is 263 g/mol. The molecular formula is C14H19FN2OS. The molecule has 1 saturated carbocycles. The summed E-state index contributed by atoms with van der Waals surface area (Å²) in [6.07, 6.45) is 4.58. The molecule has 0 bridgehead atoms. The van der Waals surface area contributed by atoms with Gasteiger partial charge in [-0.25, -0.2) is 4.39 Å². The molecule has 0 spiro atoms. The highest BCUT2D eigenvalue weighted by atomic mass is 32.1. The lowest BCUT2D eigenvalue weighted by molar-refractivity contribution is 0.144. The van der Waals surface area contributed by atoms with Crippen molar-refractivity contribution in [2.45, 2.75) is 44.2 Å². The van der Waals surface area contributed by atoms with Gasteiger partial charge in [0.2, 0.25) is 0 Å². The molecule has 1 aromatic carbocycles. The molecule has 2 rings (SSSR count). The van der Waals surface area contributed by atoms with Gasteiger partial charge in [-0.1, -0.05) is 31.5 Å². The molecule has 2 atom stereocenters. The maximum absolute atomic E-state index is 13.2. The Morgan fingerprint density at radius 2 is 2.05 bits per heavy atom. The van der Waals surface area contributed by atoms with Gasteiger partial charge in [-0.05, 0) is 31.0 Å². The van der Waals surface area contributed by atoms with E-state index in [-0.39, 0.29) is 23.0 Å². The van der Waals surface area contributed by atoms with Crippen LogP contribution in [0.25, 0.3) is 0 Å². The van der Waals surface area contributed by atoms with Crippen LogP contribution in [0.15, 0.2) is 18.2 Å². The van der Waals surface area contributed by atoms with Crippen molar-refractivity contribution in [1.82, 2.24) is 0 Å². The monoisotopic (exact) mass is 282 g/mol. The Bertz CT molecular complexity index is 467. The molecule has 0 amide bonds. The van der Waals surface area contributed by atoms with Gasteiger partial charge in [0, 0.05) is 11.3 Å². The van der Waals surface area contributed by atoms with Crippen LogP contribution in [0.3, 0.4) is 0 Å². The van der Waals surface area contributed by atoms with Crippen LogP contribution in [0.5, 0.6) is 0 Å². The van der Waals surface area contributed by atoms with Gasteiger partial charge in [0.15, 0.2) is 0 Å². The second kappa shape index (κ2) is 6.30. The third kappa shape index (κ3) is 3.64. The zero-order valence-corrected chi connectivity index (χ0v) is 11.5. The number of aliphatic hydroxyl groups is 1. The molecule has 19 heavy (non-hydrogen) atoms. The summed E-state index contributed by atoms with van der Waals surface area (Å²) in [5.74, 6) is -0.366. The van der Waals surface area contributed by atoms with Crippen LogP contribution in [-0.2, 0) is 0 Å². The number of nitrogens with two attached hydrogens (primary N) is 1. The molecule has 0 aromatic heterocycles. The molecule has 0 radical (unpaired) electrons. The van der Waals surface area contributed by atoms with Crippen LogP contribution < -0.4 is 11.1 Å². The lowest BCUT2D eigenvalue weighted by Crippen LogP contribution is -2.33. The molecule has 2 unspecified atom stereocenters. The average Bonchev–Trinajstić information content (AvgIpc) is 2.57. The second-order valence-electron chi connectivity index (χ2n) is 5.01. The van der Waals surface area contributed by atoms with E-state index in [0.717, 1.165) is 32.1 Å². The van der Waals surface area contributed by atoms with Gasteiger partial charge in [0.1, 0.15) is 10.8 Å². The molecule has 5 heteroatoms. The summed E-state index contributed by atoms with van der Waals surface area (Å²) >= 11 is 4.94. The van der Waals surface area contributed by atoms with Crippen LogP contribution in [0.4, 0.5) is 10.1 Å². The number of benzene rings is 1. The first-order valence-electron chi connectivity index (χ1n) is 6.62. The molecule has 104 valence electrons. The molecule has 1 aliphatic carbocycles. The van der Waals surface area contributed by atoms with E-state index in [1.165, 1.54) is 12.1 Å². The third-order valence-electron chi connectivity index (χ3n) is 3.57. The predicted molar refractivity (Wildman–Crippen MR) is 78.8 cm³/mol. The minimum Gasteiger partial charge on any atom is -0.391 e. The summed E-state index contributed by atoms with van der Waals surface area (Å²) in [4.78, 5) is 0.158. The zero-order chi connectivity index (χ0) is 13.8. The Labute approximate surface area is 118 Å². The van der Waals surface area contributed by atoms with E-state index in [4.69, 9.17) is 18.0 Å². The van der Waals surface area contributed by atoms with E-state index >= 15 is 0 Å². The molecule has 0 aliphatic heterocycles. The first-order chi connectivity index (χ1) is 9.08. The van der Waals surface area contributed by atoms with E-state index in [0.29, 0.717) is 11.3 Å². The standard InChI is InChI=1S/C14H19FN2OS/c15-9-6-7-11(10(8-9)14(16)19)17-12-4-2-1-3-5-13(12)18/h6-8,12-13,17-18H,1-5H2,(H2,16,19). The SMILES string of the molecule is NC(=S)c1cc(F)ccc1NC1CCCCCC1O. The first kappa shape index (κ1) is 14.2. The van der Waals surface area contributed by atoms with Gasteiger partial charge >= 0.3 is 0 Å². The lowest BCUT2D eigenvalue weighted by Gasteiger charge is -2.24. The van der Waals surface area contributed by atoms with Crippen molar-refractivity contribution in [2.24, 2.45) is 5.73 Å². The van der Waals surface area contributed by atoms with Gasteiger partial charge in [-0.15, -0.1) is 0 Å². The number of hydrogen-bond donors (Lipinski definition) is 3. The molecule has 1 fully saturated rings. The summed E-state index contributed by atoms with van der Waals surface area (Å²) in [6.45, 7) is 0. The van der Waals surface area contributed by atoms with Crippen LogP contribution in [-0.4, -0.2) is 22.2 Å². The summed E-state index contributed by atoms with van der Waals surface area (Å²) in [7, 11) is 0. The fourth-order valence-corrected chi connectivity index (χ4v) is 2.67. The number of rotatable bonds is 3. The molecule has 0 saturated heterocycles. The molecule has 1 aromatic rings. The fraction of sp³-hybridized carbons (Fsp3) is 0.500. The maximum atomic E-state index is 13.2. The first-order valence-corrected chi connectivity index (χ1v) is 7.02. The van der Waals surface area contributed by atoms with Crippen molar-refractivity contribution in [1.29, 1.82) is 0 Å². The van der Waals surface area contributed by atoms with Crippen LogP contribution in [0, 0.1) is 5.82 Å². The van der Waals surface area contributed by atoms with Gasteiger partial charge in [-0.2, -0.15) is 0 Å². The quantitative estimate of drug-likeness (QED) is 0.589. The Kier molecular flexibility index (Phi) is 4.71. The smallest absolute Gasteiger partial charge is 0.124 e. The summed E-state index contributed by atoms with van der Waals surface area (Å²) in [5, 5.41) is 13.4. The highest BCUT2D eigenvalue weighted by Gasteiger charge is 2.22. The van der Waals surface area contributed by atoms with Crippen molar-refractivity contribution in [3.05, 3.63) is 29.6 Å². The zero-order valence-electron chi connectivity index (χ0n) is 10.7. The topological polar surface area (TPSA) is 58.3 Å². The molecule has 0 heterocycles. The van der Waals surface area contributed by atoms with Crippen LogP contribution >= 0.6 is 12.2 Å². The predicted octanol–water partition coefficient (Wildman–Crippen LogP) is 2.57. The van der Waals surface area contributed by atoms with Gasteiger partial charge < -0.3 is 16.2 Å². The van der Waals surface area contributed by atoms with E-state index in [1.54, 1.807) is 6.07 Å². The number of hydrogen-bond acceptors (Lipinski definition) is 3. The van der Waals surface area contributed by atoms with Gasteiger partial charge in [-0.3, -0.25) is 0 Å². The summed E-state index contributed by atoms with van der Waals surface area (Å²) in [5.41, 5.74) is 6.80. The average molecular weight is 282 g/mol. The highest BCUT2D eigenvalue weighted by molar-refractivity contribution is 7.80. The van der Waals surface area contributed by atoms with Crippen molar-refractivity contribution in [3.63, 3.8) is 0 Å². The largest absolute Gasteiger partial charge is 0.391 e. The van der Waals surface area contributed by atoms with Gasteiger partial charge in [0.25, 0.3) is 0 Å². The van der Waals surface area contributed by atoms with Crippen molar-refractivity contribution in [2.75, 3.05) is 5.32 Å². The summed E-state index contributed by atoms with van der Waals surface area (Å²) < 4.78 is 13.2. The molecule has 1 aliphatic rings.